The van der Waals surface area contributed by atoms with Crippen LogP contribution in [0.25, 0.3) is 5.69 Å². The molecule has 2 saturated heterocycles. The van der Waals surface area contributed by atoms with Gasteiger partial charge in [0.1, 0.15) is 5.82 Å². The minimum atomic E-state index is -0.485. The normalized spacial score (nSPS) is 21.6. The van der Waals surface area contributed by atoms with Gasteiger partial charge in [-0.15, -0.1) is 0 Å². The maximum Gasteiger partial charge on any atom is 0.317 e. The van der Waals surface area contributed by atoms with Crippen molar-refractivity contribution in [2.75, 3.05) is 19.7 Å². The van der Waals surface area contributed by atoms with E-state index < -0.39 is 11.7 Å². The molecule has 2 aliphatic rings. The van der Waals surface area contributed by atoms with Crippen molar-refractivity contribution in [1.82, 2.24) is 20.0 Å². The predicted molar refractivity (Wildman–Crippen MR) is 100 cm³/mol. The van der Waals surface area contributed by atoms with Gasteiger partial charge in [-0.1, -0.05) is 6.07 Å². The average molecular weight is 388 g/mol. The molecule has 0 bridgehead atoms. The second-order valence-corrected chi connectivity index (χ2v) is 7.49. The minimum absolute atomic E-state index is 0.140. The van der Waals surface area contributed by atoms with Crippen LogP contribution in [-0.4, -0.2) is 57.2 Å². The summed E-state index contributed by atoms with van der Waals surface area (Å²) in [5.41, 5.74) is 0.975. The number of nitrogens with zero attached hydrogens (tertiary/aromatic N) is 3. The zero-order chi connectivity index (χ0) is 19.6. The highest BCUT2D eigenvalue weighted by Crippen LogP contribution is 2.35. The highest BCUT2D eigenvalue weighted by Gasteiger charge is 2.44. The van der Waals surface area contributed by atoms with E-state index in [1.807, 2.05) is 0 Å². The number of amides is 2. The van der Waals surface area contributed by atoms with Gasteiger partial charge in [0.25, 0.3) is 0 Å². The summed E-state index contributed by atoms with van der Waals surface area (Å²) in [4.78, 5) is 14.2. The Labute approximate surface area is 163 Å². The van der Waals surface area contributed by atoms with E-state index in [1.165, 1.54) is 12.1 Å². The number of aliphatic hydroxyl groups excluding tert-OH is 1. The SMILES string of the molecule is O=C(NCc1cnn(-c2cccc(F)c2)c1)N1CCC2(CC1)OCCC[C@@H]2O. The van der Waals surface area contributed by atoms with Crippen LogP contribution < -0.4 is 5.32 Å². The number of aromatic nitrogens is 2. The molecule has 28 heavy (non-hydrogen) atoms. The number of hydrogen-bond acceptors (Lipinski definition) is 4. The first kappa shape index (κ1) is 18.9. The average Bonchev–Trinajstić information content (AvgIpc) is 3.18. The van der Waals surface area contributed by atoms with E-state index in [-0.39, 0.29) is 11.8 Å². The van der Waals surface area contributed by atoms with Crippen LogP contribution in [0.4, 0.5) is 9.18 Å². The molecule has 2 fully saturated rings. The van der Waals surface area contributed by atoms with E-state index in [1.54, 1.807) is 34.1 Å². The third kappa shape index (κ3) is 3.88. The molecule has 7 nitrogen and oxygen atoms in total. The molecular formula is C20H25FN4O3. The lowest BCUT2D eigenvalue weighted by Gasteiger charge is -2.46. The summed E-state index contributed by atoms with van der Waals surface area (Å²) >= 11 is 0. The van der Waals surface area contributed by atoms with Crippen LogP contribution in [0.1, 0.15) is 31.2 Å². The fraction of sp³-hybridized carbons (Fsp3) is 0.500. The van der Waals surface area contributed by atoms with Gasteiger partial charge < -0.3 is 20.1 Å². The number of likely N-dealkylation sites (tertiary alicyclic amines) is 1. The molecule has 2 amide bonds. The van der Waals surface area contributed by atoms with Crippen molar-refractivity contribution < 1.29 is 19.0 Å². The minimum Gasteiger partial charge on any atom is -0.390 e. The summed E-state index contributed by atoms with van der Waals surface area (Å²) in [7, 11) is 0. The monoisotopic (exact) mass is 388 g/mol. The summed E-state index contributed by atoms with van der Waals surface area (Å²) in [6.45, 7) is 2.14. The summed E-state index contributed by atoms with van der Waals surface area (Å²) < 4.78 is 20.8. The van der Waals surface area contributed by atoms with Crippen molar-refractivity contribution >= 4 is 6.03 Å². The molecule has 0 saturated carbocycles. The molecule has 1 atom stereocenters. The molecule has 0 aliphatic carbocycles. The number of carbonyl (C=O) groups excluding carboxylic acids is 1. The van der Waals surface area contributed by atoms with Crippen LogP contribution >= 0.6 is 0 Å². The molecule has 4 rings (SSSR count). The molecule has 2 N–H and O–H groups in total. The largest absolute Gasteiger partial charge is 0.390 e. The lowest BCUT2D eigenvalue weighted by molar-refractivity contribution is -0.173. The van der Waals surface area contributed by atoms with Crippen LogP contribution in [0.2, 0.25) is 0 Å². The number of carbonyl (C=O) groups is 1. The van der Waals surface area contributed by atoms with Gasteiger partial charge in [0.05, 0.1) is 23.6 Å². The number of aliphatic hydroxyl groups is 1. The third-order valence-corrected chi connectivity index (χ3v) is 5.67. The van der Waals surface area contributed by atoms with Crippen molar-refractivity contribution in [3.05, 3.63) is 48.0 Å². The lowest BCUT2D eigenvalue weighted by atomic mass is 9.82. The van der Waals surface area contributed by atoms with Crippen molar-refractivity contribution in [3.8, 4) is 5.69 Å². The maximum absolute atomic E-state index is 13.3. The fourth-order valence-corrected chi connectivity index (χ4v) is 3.98. The molecule has 1 spiro atoms. The first-order valence-corrected chi connectivity index (χ1v) is 9.70. The van der Waals surface area contributed by atoms with Crippen LogP contribution in [0.15, 0.2) is 36.7 Å². The van der Waals surface area contributed by atoms with Gasteiger partial charge in [0.15, 0.2) is 0 Å². The number of hydrogen-bond donors (Lipinski definition) is 2. The molecule has 3 heterocycles. The molecule has 0 unspecified atom stereocenters. The number of nitrogens with one attached hydrogen (secondary N) is 1. The van der Waals surface area contributed by atoms with Crippen molar-refractivity contribution in [3.63, 3.8) is 0 Å². The summed E-state index contributed by atoms with van der Waals surface area (Å²) in [5.74, 6) is -0.321. The number of urea groups is 1. The zero-order valence-electron chi connectivity index (χ0n) is 15.7. The molecule has 0 radical (unpaired) electrons. The van der Waals surface area contributed by atoms with E-state index in [0.717, 1.165) is 18.4 Å². The van der Waals surface area contributed by atoms with E-state index >= 15 is 0 Å². The molecule has 1 aromatic heterocycles. The standard InChI is InChI=1S/C20H25FN4O3/c21-16-3-1-4-17(11-16)25-14-15(13-23-25)12-22-19(27)24-8-6-20(7-9-24)18(26)5-2-10-28-20/h1,3-4,11,13-14,18,26H,2,5-10,12H2,(H,22,27)/t18-/m0/s1. The van der Waals surface area contributed by atoms with Crippen LogP contribution in [0.3, 0.4) is 0 Å². The molecular weight excluding hydrogens is 363 g/mol. The van der Waals surface area contributed by atoms with E-state index in [2.05, 4.69) is 10.4 Å². The maximum atomic E-state index is 13.3. The number of halogens is 1. The first-order chi connectivity index (χ1) is 13.6. The Morgan fingerprint density at radius 1 is 1.39 bits per heavy atom. The van der Waals surface area contributed by atoms with E-state index in [9.17, 15) is 14.3 Å². The Balaban J connectivity index is 1.29. The second kappa shape index (κ2) is 7.89. The summed E-state index contributed by atoms with van der Waals surface area (Å²) in [6.07, 6.45) is 5.94. The Morgan fingerprint density at radius 2 is 2.21 bits per heavy atom. The summed E-state index contributed by atoms with van der Waals surface area (Å²) in [5, 5.41) is 17.4. The van der Waals surface area contributed by atoms with E-state index in [4.69, 9.17) is 4.74 Å². The third-order valence-electron chi connectivity index (χ3n) is 5.67. The fourth-order valence-electron chi connectivity index (χ4n) is 3.98. The van der Waals surface area contributed by atoms with Gasteiger partial charge in [-0.2, -0.15) is 5.10 Å². The molecule has 2 aliphatic heterocycles. The highest BCUT2D eigenvalue weighted by molar-refractivity contribution is 5.74. The summed E-state index contributed by atoms with van der Waals surface area (Å²) in [6, 6.07) is 6.04. The van der Waals surface area contributed by atoms with Gasteiger partial charge in [-0.05, 0) is 43.9 Å². The first-order valence-electron chi connectivity index (χ1n) is 9.70. The molecule has 150 valence electrons. The Hall–Kier alpha value is -2.45. The lowest BCUT2D eigenvalue weighted by Crippen LogP contribution is -2.57. The van der Waals surface area contributed by atoms with Gasteiger partial charge >= 0.3 is 6.03 Å². The number of piperidine rings is 1. The highest BCUT2D eigenvalue weighted by atomic mass is 19.1. The van der Waals surface area contributed by atoms with Gasteiger partial charge in [0, 0.05) is 38.0 Å². The number of benzene rings is 1. The second-order valence-electron chi connectivity index (χ2n) is 7.49. The molecule has 2 aromatic rings. The van der Waals surface area contributed by atoms with E-state index in [0.29, 0.717) is 44.8 Å². The Bertz CT molecular complexity index is 832. The van der Waals surface area contributed by atoms with Gasteiger partial charge in [-0.3, -0.25) is 0 Å². The Morgan fingerprint density at radius 3 is 2.96 bits per heavy atom. The topological polar surface area (TPSA) is 79.6 Å². The van der Waals surface area contributed by atoms with Crippen molar-refractivity contribution in [1.29, 1.82) is 0 Å². The van der Waals surface area contributed by atoms with Crippen LogP contribution in [0.5, 0.6) is 0 Å². The Kier molecular flexibility index (Phi) is 5.32. The molecule has 1 aromatic carbocycles. The van der Waals surface area contributed by atoms with Crippen LogP contribution in [-0.2, 0) is 11.3 Å². The van der Waals surface area contributed by atoms with Gasteiger partial charge in [0.2, 0.25) is 0 Å². The number of rotatable bonds is 3. The van der Waals surface area contributed by atoms with Crippen molar-refractivity contribution in [2.45, 2.75) is 43.9 Å². The zero-order valence-corrected chi connectivity index (χ0v) is 15.7. The quantitative estimate of drug-likeness (QED) is 0.845. The predicted octanol–water partition coefficient (Wildman–Crippen LogP) is 2.23. The van der Waals surface area contributed by atoms with Gasteiger partial charge in [-0.25, -0.2) is 13.9 Å². The smallest absolute Gasteiger partial charge is 0.317 e. The van der Waals surface area contributed by atoms with Crippen molar-refractivity contribution in [2.24, 2.45) is 0 Å². The molecule has 8 heteroatoms. The van der Waals surface area contributed by atoms with Crippen LogP contribution in [0, 0.1) is 5.82 Å². The number of ether oxygens (including phenoxy) is 1.